The average molecular weight is 123 g/mol. The van der Waals surface area contributed by atoms with E-state index in [1.54, 1.807) is 0 Å². The minimum atomic E-state index is 0.623. The summed E-state index contributed by atoms with van der Waals surface area (Å²) in [6, 6.07) is 0. The zero-order valence-corrected chi connectivity index (χ0v) is 3.73. The van der Waals surface area contributed by atoms with E-state index in [4.69, 9.17) is 5.73 Å². The molecule has 0 saturated carbocycles. The topological polar surface area (TPSA) is 38.0 Å². The molecule has 0 aromatic rings. The SMILES string of the molecule is NCC[NH][Cu]. The molecular formula is C2H7CuN2. The zero-order chi connectivity index (χ0) is 4.12. The fourth-order valence-electron chi connectivity index (χ4n) is 0.0435. The molecule has 0 fully saturated rings. The summed E-state index contributed by atoms with van der Waals surface area (Å²) in [5.74, 6) is 0. The van der Waals surface area contributed by atoms with Crippen LogP contribution in [0.15, 0.2) is 0 Å². The third-order valence-corrected chi connectivity index (χ3v) is 0.455. The third kappa shape index (κ3) is 4.44. The van der Waals surface area contributed by atoms with E-state index in [0.29, 0.717) is 6.54 Å². The molecule has 0 unspecified atom stereocenters. The van der Waals surface area contributed by atoms with Crippen molar-refractivity contribution in [3.63, 3.8) is 0 Å². The molecule has 0 aliphatic rings. The molecule has 0 radical (unpaired) electrons. The molecule has 3 N–H and O–H groups in total. The van der Waals surface area contributed by atoms with Gasteiger partial charge in [0.2, 0.25) is 0 Å². The first-order chi connectivity index (χ1) is 2.41. The summed E-state index contributed by atoms with van der Waals surface area (Å²) < 4.78 is 2.45. The van der Waals surface area contributed by atoms with Crippen molar-refractivity contribution < 1.29 is 16.2 Å². The molecule has 3 heteroatoms. The predicted molar refractivity (Wildman–Crippen MR) is 17.1 cm³/mol. The monoisotopic (exact) mass is 122 g/mol. The van der Waals surface area contributed by atoms with Crippen molar-refractivity contribution in [1.82, 2.24) is 4.33 Å². The molecule has 0 aliphatic heterocycles. The molecule has 0 heterocycles. The van der Waals surface area contributed by atoms with Crippen LogP contribution in [0.25, 0.3) is 0 Å². The summed E-state index contributed by atoms with van der Waals surface area (Å²) in [7, 11) is 0. The van der Waals surface area contributed by atoms with Crippen LogP contribution < -0.4 is 10.1 Å². The second kappa shape index (κ2) is 4.44. The fourth-order valence-corrected chi connectivity index (χ4v) is 0.179. The standard InChI is InChI=1S/C2H7N2.Cu/c3-1-2-4;/h3H,1-2,4H2;/q-1;+1. The van der Waals surface area contributed by atoms with Gasteiger partial charge in [-0.2, -0.15) is 0 Å². The fraction of sp³-hybridized carbons (Fsp3) is 1.00. The molecular weight excluding hydrogens is 116 g/mol. The molecule has 5 heavy (non-hydrogen) atoms. The number of nitrogens with one attached hydrogen (secondary N) is 1. The van der Waals surface area contributed by atoms with E-state index in [9.17, 15) is 0 Å². The van der Waals surface area contributed by atoms with E-state index in [1.165, 1.54) is 0 Å². The second-order valence-corrected chi connectivity index (χ2v) is 0.978. The van der Waals surface area contributed by atoms with E-state index >= 15 is 0 Å². The van der Waals surface area contributed by atoms with Gasteiger partial charge in [-0.15, -0.1) is 0 Å². The molecule has 0 aliphatic carbocycles. The van der Waals surface area contributed by atoms with Gasteiger partial charge in [-0.05, 0) is 0 Å². The normalized spacial score (nSPS) is 8.60. The van der Waals surface area contributed by atoms with Crippen LogP contribution in [-0.4, -0.2) is 13.1 Å². The zero-order valence-electron chi connectivity index (χ0n) is 2.79. The minimum absolute atomic E-state index is 0.623. The quantitative estimate of drug-likeness (QED) is 0.461. The van der Waals surface area contributed by atoms with Crippen LogP contribution in [0.1, 0.15) is 0 Å². The maximum atomic E-state index is 5.01. The Morgan fingerprint density at radius 2 is 2.40 bits per heavy atom. The summed E-state index contributed by atoms with van der Waals surface area (Å²) in [4.78, 5) is 0. The Morgan fingerprint density at radius 3 is 2.40 bits per heavy atom. The number of rotatable bonds is 2. The number of nitrogens with two attached hydrogens (primary N) is 1. The molecule has 0 saturated heterocycles. The van der Waals surface area contributed by atoms with Crippen LogP contribution in [0.4, 0.5) is 0 Å². The Hall–Kier alpha value is 0.439. The van der Waals surface area contributed by atoms with E-state index in [-0.39, 0.29) is 0 Å². The van der Waals surface area contributed by atoms with Crippen LogP contribution in [0.2, 0.25) is 0 Å². The Balaban J connectivity index is 2.19. The van der Waals surface area contributed by atoms with Gasteiger partial charge in [0.15, 0.2) is 0 Å². The molecule has 36 valence electrons. The molecule has 0 spiro atoms. The van der Waals surface area contributed by atoms with Gasteiger partial charge in [0.1, 0.15) is 0 Å². The first kappa shape index (κ1) is 5.44. The third-order valence-electron chi connectivity index (χ3n) is 0.220. The van der Waals surface area contributed by atoms with Gasteiger partial charge in [-0.25, -0.2) is 0 Å². The van der Waals surface area contributed by atoms with Gasteiger partial charge in [-0.3, -0.25) is 0 Å². The van der Waals surface area contributed by atoms with Crippen molar-refractivity contribution in [2.24, 2.45) is 5.73 Å². The van der Waals surface area contributed by atoms with Crippen LogP contribution in [0.3, 0.4) is 0 Å². The van der Waals surface area contributed by atoms with Crippen molar-refractivity contribution in [1.29, 1.82) is 0 Å². The summed E-state index contributed by atoms with van der Waals surface area (Å²) in [5, 5.41) is 0. The van der Waals surface area contributed by atoms with Crippen LogP contribution >= 0.6 is 0 Å². The van der Waals surface area contributed by atoms with Gasteiger partial charge >= 0.3 is 39.4 Å². The van der Waals surface area contributed by atoms with Crippen LogP contribution in [-0.2, 0) is 16.2 Å². The number of hydrogen-bond acceptors (Lipinski definition) is 2. The second-order valence-electron chi connectivity index (χ2n) is 0.645. The predicted octanol–water partition coefficient (Wildman–Crippen LogP) is -1.00. The van der Waals surface area contributed by atoms with Gasteiger partial charge in [-0.1, -0.05) is 0 Å². The van der Waals surface area contributed by atoms with E-state index in [2.05, 4.69) is 20.6 Å². The Bertz CT molecular complexity index is 15.1. The molecule has 0 atom stereocenters. The van der Waals surface area contributed by atoms with Gasteiger partial charge in [0, 0.05) is 0 Å². The van der Waals surface area contributed by atoms with E-state index in [0.717, 1.165) is 6.54 Å². The summed E-state index contributed by atoms with van der Waals surface area (Å²) in [6.45, 7) is 1.35. The number of hydrogen-bond donors (Lipinski definition) is 2. The van der Waals surface area contributed by atoms with Crippen molar-refractivity contribution in [2.75, 3.05) is 13.1 Å². The maximum absolute atomic E-state index is 5.01. The molecule has 2 nitrogen and oxygen atoms in total. The van der Waals surface area contributed by atoms with Gasteiger partial charge in [0.05, 0.1) is 0 Å². The van der Waals surface area contributed by atoms with Gasteiger partial charge in [0.25, 0.3) is 0 Å². The molecule has 0 aromatic carbocycles. The van der Waals surface area contributed by atoms with Crippen LogP contribution in [0.5, 0.6) is 0 Å². The molecule has 0 amide bonds. The average Bonchev–Trinajstić information content (AvgIpc) is 1.41. The molecule has 0 rings (SSSR count). The summed E-state index contributed by atoms with van der Waals surface area (Å²) in [5.41, 5.74) is 5.01. The van der Waals surface area contributed by atoms with Crippen molar-refractivity contribution in [3.8, 4) is 0 Å². The summed E-state index contributed by atoms with van der Waals surface area (Å²) in [6.07, 6.45) is 0. The van der Waals surface area contributed by atoms with Crippen LogP contribution in [0, 0.1) is 0 Å². The Kier molecular flexibility index (Phi) is 4.83. The Morgan fingerprint density at radius 1 is 1.80 bits per heavy atom. The summed E-state index contributed by atoms with van der Waals surface area (Å²) >= 11 is 4.44. The van der Waals surface area contributed by atoms with Gasteiger partial charge < -0.3 is 0 Å². The van der Waals surface area contributed by atoms with Crippen molar-refractivity contribution in [2.45, 2.75) is 0 Å². The Labute approximate surface area is 40.1 Å². The molecule has 0 aromatic heterocycles. The first-order valence-corrected chi connectivity index (χ1v) is 1.88. The first-order valence-electron chi connectivity index (χ1n) is 1.41. The van der Waals surface area contributed by atoms with E-state index < -0.39 is 0 Å². The van der Waals surface area contributed by atoms with Crippen molar-refractivity contribution in [3.05, 3.63) is 0 Å². The molecule has 0 bridgehead atoms. The van der Waals surface area contributed by atoms with Crippen molar-refractivity contribution >= 4 is 0 Å². The van der Waals surface area contributed by atoms with E-state index in [1.807, 2.05) is 0 Å².